The highest BCUT2D eigenvalue weighted by Crippen LogP contribution is 2.38. The first-order valence-electron chi connectivity index (χ1n) is 5.87. The second kappa shape index (κ2) is 4.89. The fourth-order valence-electron chi connectivity index (χ4n) is 2.05. The Kier molecular flexibility index (Phi) is 3.49. The van der Waals surface area contributed by atoms with Gasteiger partial charge in [0, 0.05) is 6.54 Å². The summed E-state index contributed by atoms with van der Waals surface area (Å²) < 4.78 is 5.33. The largest absolute Gasteiger partial charge is 0.467 e. The van der Waals surface area contributed by atoms with Crippen LogP contribution in [0, 0.1) is 11.8 Å². The average Bonchev–Trinajstić information content (AvgIpc) is 2.80. The lowest BCUT2D eigenvalue weighted by Gasteiger charge is -2.14. The molecule has 0 aromatic carbocycles. The molecule has 1 aromatic heterocycles. The molecular weight excluding hydrogens is 218 g/mol. The molecule has 3 N–H and O–H groups in total. The van der Waals surface area contributed by atoms with Gasteiger partial charge in [-0.25, -0.2) is 5.84 Å². The maximum Gasteiger partial charge on any atom is 0.268 e. The van der Waals surface area contributed by atoms with Gasteiger partial charge in [0.1, 0.15) is 12.0 Å². The summed E-state index contributed by atoms with van der Waals surface area (Å²) in [6.45, 7) is 4.08. The molecule has 2 unspecified atom stereocenters. The van der Waals surface area contributed by atoms with Crippen molar-refractivity contribution in [3.8, 4) is 0 Å². The molecule has 1 fully saturated rings. The summed E-state index contributed by atoms with van der Waals surface area (Å²) in [4.78, 5) is 13.5. The third-order valence-electron chi connectivity index (χ3n) is 3.30. The van der Waals surface area contributed by atoms with Crippen LogP contribution in [0.2, 0.25) is 0 Å². The van der Waals surface area contributed by atoms with Gasteiger partial charge in [-0.15, -0.1) is 0 Å². The monoisotopic (exact) mass is 237 g/mol. The quantitative estimate of drug-likeness (QED) is 0.455. The lowest BCUT2D eigenvalue weighted by molar-refractivity contribution is 0.0953. The van der Waals surface area contributed by atoms with E-state index in [0.717, 1.165) is 30.7 Å². The zero-order valence-corrected chi connectivity index (χ0v) is 10.3. The van der Waals surface area contributed by atoms with Gasteiger partial charge in [-0.3, -0.25) is 15.1 Å². The highest BCUT2D eigenvalue weighted by atomic mass is 16.3. The van der Waals surface area contributed by atoms with Gasteiger partial charge in [-0.05, 0) is 31.4 Å². The van der Waals surface area contributed by atoms with Crippen molar-refractivity contribution in [2.45, 2.75) is 19.9 Å². The van der Waals surface area contributed by atoms with E-state index in [1.165, 1.54) is 12.7 Å². The summed E-state index contributed by atoms with van der Waals surface area (Å²) in [7, 11) is 2.07. The Morgan fingerprint density at radius 1 is 1.71 bits per heavy atom. The summed E-state index contributed by atoms with van der Waals surface area (Å²) >= 11 is 0. The summed E-state index contributed by atoms with van der Waals surface area (Å²) in [5, 5.41) is 0. The Morgan fingerprint density at radius 2 is 2.41 bits per heavy atom. The van der Waals surface area contributed by atoms with Gasteiger partial charge in [0.2, 0.25) is 0 Å². The van der Waals surface area contributed by atoms with Crippen LogP contribution in [-0.2, 0) is 6.54 Å². The van der Waals surface area contributed by atoms with E-state index >= 15 is 0 Å². The minimum absolute atomic E-state index is 0.321. The Hall–Kier alpha value is -1.33. The smallest absolute Gasteiger partial charge is 0.268 e. The number of rotatable bonds is 5. The molecule has 5 nitrogen and oxygen atoms in total. The van der Waals surface area contributed by atoms with Crippen LogP contribution < -0.4 is 11.3 Å². The fourth-order valence-corrected chi connectivity index (χ4v) is 2.05. The molecule has 2 rings (SSSR count). The number of hydrogen-bond donors (Lipinski definition) is 2. The van der Waals surface area contributed by atoms with E-state index in [9.17, 15) is 4.79 Å². The van der Waals surface area contributed by atoms with Crippen molar-refractivity contribution in [2.75, 3.05) is 13.6 Å². The number of amides is 1. The molecule has 0 radical (unpaired) electrons. The summed E-state index contributed by atoms with van der Waals surface area (Å²) in [5.41, 5.74) is 2.55. The molecule has 17 heavy (non-hydrogen) atoms. The first-order chi connectivity index (χ1) is 8.10. The predicted octanol–water partition coefficient (Wildman–Crippen LogP) is 0.971. The predicted molar refractivity (Wildman–Crippen MR) is 64.0 cm³/mol. The second-order valence-electron chi connectivity index (χ2n) is 4.94. The zero-order chi connectivity index (χ0) is 12.4. The van der Waals surface area contributed by atoms with Crippen molar-refractivity contribution in [1.29, 1.82) is 0 Å². The van der Waals surface area contributed by atoms with E-state index in [1.54, 1.807) is 6.07 Å². The Labute approximate surface area is 101 Å². The Morgan fingerprint density at radius 3 is 3.00 bits per heavy atom. The van der Waals surface area contributed by atoms with E-state index < -0.39 is 0 Å². The number of hydrazine groups is 1. The van der Waals surface area contributed by atoms with Crippen LogP contribution in [0.15, 0.2) is 16.7 Å². The number of furan rings is 1. The molecule has 2 atom stereocenters. The minimum atomic E-state index is -0.321. The molecule has 1 aliphatic carbocycles. The maximum absolute atomic E-state index is 11.2. The highest BCUT2D eigenvalue weighted by Gasteiger charge is 2.33. The number of nitrogen functional groups attached to an aromatic ring is 1. The number of nitrogens with two attached hydrogens (primary N) is 1. The van der Waals surface area contributed by atoms with Crippen LogP contribution in [0.1, 0.15) is 29.5 Å². The van der Waals surface area contributed by atoms with Crippen LogP contribution >= 0.6 is 0 Å². The number of nitrogens with zero attached hydrogens (tertiary/aromatic N) is 1. The molecule has 5 heteroatoms. The molecule has 1 saturated carbocycles. The topological polar surface area (TPSA) is 71.5 Å². The number of carbonyl (C=O) groups excluding carboxylic acids is 1. The lowest BCUT2D eigenvalue weighted by Crippen LogP contribution is -2.29. The molecule has 0 aliphatic heterocycles. The lowest BCUT2D eigenvalue weighted by atomic mass is 10.2. The third kappa shape index (κ3) is 3.08. The first-order valence-corrected chi connectivity index (χ1v) is 5.87. The van der Waals surface area contributed by atoms with Gasteiger partial charge in [-0.2, -0.15) is 0 Å². The Balaban J connectivity index is 1.85. The number of carbonyl (C=O) groups is 1. The van der Waals surface area contributed by atoms with E-state index in [2.05, 4.69) is 24.3 Å². The summed E-state index contributed by atoms with van der Waals surface area (Å²) in [6.07, 6.45) is 2.76. The zero-order valence-electron chi connectivity index (χ0n) is 10.3. The van der Waals surface area contributed by atoms with E-state index in [0.29, 0.717) is 5.56 Å². The second-order valence-corrected chi connectivity index (χ2v) is 4.94. The van der Waals surface area contributed by atoms with Crippen molar-refractivity contribution in [2.24, 2.45) is 17.7 Å². The fraction of sp³-hybridized carbons (Fsp3) is 0.583. The molecule has 0 bridgehead atoms. The van der Waals surface area contributed by atoms with Crippen LogP contribution in [0.25, 0.3) is 0 Å². The van der Waals surface area contributed by atoms with Gasteiger partial charge in [0.25, 0.3) is 5.91 Å². The molecule has 0 spiro atoms. The molecule has 0 saturated heterocycles. The number of hydrogen-bond acceptors (Lipinski definition) is 4. The van der Waals surface area contributed by atoms with E-state index in [-0.39, 0.29) is 5.91 Å². The number of nitrogens with one attached hydrogen (secondary N) is 1. The van der Waals surface area contributed by atoms with Gasteiger partial charge in [0.05, 0.1) is 12.1 Å². The van der Waals surface area contributed by atoms with Crippen molar-refractivity contribution >= 4 is 5.91 Å². The van der Waals surface area contributed by atoms with Crippen molar-refractivity contribution < 1.29 is 9.21 Å². The van der Waals surface area contributed by atoms with Gasteiger partial charge < -0.3 is 4.42 Å². The Bertz CT molecular complexity index is 402. The van der Waals surface area contributed by atoms with Crippen LogP contribution in [0.3, 0.4) is 0 Å². The van der Waals surface area contributed by atoms with Crippen molar-refractivity contribution in [3.05, 3.63) is 23.7 Å². The molecular formula is C12H19N3O2. The van der Waals surface area contributed by atoms with Gasteiger partial charge in [-0.1, -0.05) is 6.92 Å². The average molecular weight is 237 g/mol. The van der Waals surface area contributed by atoms with Gasteiger partial charge in [0.15, 0.2) is 0 Å². The van der Waals surface area contributed by atoms with Crippen LogP contribution in [0.5, 0.6) is 0 Å². The third-order valence-corrected chi connectivity index (χ3v) is 3.30. The van der Waals surface area contributed by atoms with Crippen LogP contribution in [-0.4, -0.2) is 24.4 Å². The van der Waals surface area contributed by atoms with Gasteiger partial charge >= 0.3 is 0 Å². The van der Waals surface area contributed by atoms with Crippen molar-refractivity contribution in [3.63, 3.8) is 0 Å². The first kappa shape index (κ1) is 12.1. The SMILES string of the molecule is CC1CC1CN(C)Cc1cc(C(=O)NN)co1. The van der Waals surface area contributed by atoms with E-state index in [4.69, 9.17) is 10.3 Å². The van der Waals surface area contributed by atoms with Crippen LogP contribution in [0.4, 0.5) is 0 Å². The molecule has 1 amide bonds. The highest BCUT2D eigenvalue weighted by molar-refractivity contribution is 5.93. The summed E-state index contributed by atoms with van der Waals surface area (Å²) in [5.74, 6) is 7.20. The standard InChI is InChI=1S/C12H19N3O2/c1-8-3-9(8)5-15(2)6-11-4-10(7-17-11)12(16)14-13/h4,7-9H,3,5-6,13H2,1-2H3,(H,14,16). The minimum Gasteiger partial charge on any atom is -0.467 e. The summed E-state index contributed by atoms with van der Waals surface area (Å²) in [6, 6.07) is 1.73. The molecule has 94 valence electrons. The van der Waals surface area contributed by atoms with E-state index in [1.807, 2.05) is 0 Å². The van der Waals surface area contributed by atoms with Crippen molar-refractivity contribution in [1.82, 2.24) is 10.3 Å². The normalized spacial score (nSPS) is 22.8. The molecule has 1 aliphatic rings. The molecule has 1 heterocycles. The molecule has 1 aromatic rings. The maximum atomic E-state index is 11.2.